The Morgan fingerprint density at radius 1 is 1.17 bits per heavy atom. The molecule has 0 aliphatic carbocycles. The topological polar surface area (TPSA) is 86.7 Å². The first-order chi connectivity index (χ1) is 11.6. The molecule has 0 saturated carbocycles. The van der Waals surface area contributed by atoms with Crippen molar-refractivity contribution in [2.75, 3.05) is 0 Å². The van der Waals surface area contributed by atoms with E-state index in [2.05, 4.69) is 15.2 Å². The first kappa shape index (κ1) is 16.5. The summed E-state index contributed by atoms with van der Waals surface area (Å²) < 4.78 is 1.87. The number of nitrogens with two attached hydrogens (primary N) is 1. The van der Waals surface area contributed by atoms with Gasteiger partial charge in [0.25, 0.3) is 0 Å². The number of halogens is 1. The minimum Gasteiger partial charge on any atom is -0.369 e. The van der Waals surface area contributed by atoms with Gasteiger partial charge in [-0.25, -0.2) is 0 Å². The van der Waals surface area contributed by atoms with Crippen LogP contribution < -0.4 is 5.73 Å². The molecule has 8 heteroatoms. The molecule has 2 aromatic heterocycles. The van der Waals surface area contributed by atoms with Crippen molar-refractivity contribution in [2.24, 2.45) is 5.73 Å². The predicted molar refractivity (Wildman–Crippen MR) is 94.1 cm³/mol. The Kier molecular flexibility index (Phi) is 4.82. The van der Waals surface area contributed by atoms with Crippen LogP contribution in [0.25, 0.3) is 17.1 Å². The van der Waals surface area contributed by atoms with Gasteiger partial charge in [-0.05, 0) is 43.3 Å². The van der Waals surface area contributed by atoms with Crippen molar-refractivity contribution in [3.8, 4) is 17.1 Å². The van der Waals surface area contributed by atoms with Crippen LogP contribution in [-0.2, 0) is 4.79 Å². The largest absolute Gasteiger partial charge is 0.369 e. The van der Waals surface area contributed by atoms with Gasteiger partial charge < -0.3 is 5.73 Å². The van der Waals surface area contributed by atoms with Gasteiger partial charge in [0, 0.05) is 28.7 Å². The number of carbonyl (C=O) groups excluding carboxylic acids is 1. The number of primary amides is 1. The Bertz CT molecular complexity index is 851. The molecule has 2 heterocycles. The van der Waals surface area contributed by atoms with Crippen molar-refractivity contribution < 1.29 is 4.79 Å². The van der Waals surface area contributed by atoms with E-state index < -0.39 is 11.2 Å². The van der Waals surface area contributed by atoms with Crippen molar-refractivity contribution in [2.45, 2.75) is 17.3 Å². The average Bonchev–Trinajstić information content (AvgIpc) is 3.00. The quantitative estimate of drug-likeness (QED) is 0.708. The van der Waals surface area contributed by atoms with E-state index in [-0.39, 0.29) is 0 Å². The van der Waals surface area contributed by atoms with E-state index in [1.807, 2.05) is 28.8 Å². The smallest absolute Gasteiger partial charge is 0.230 e. The molecule has 0 unspecified atom stereocenters. The molecule has 1 atom stereocenters. The molecule has 0 radical (unpaired) electrons. The zero-order chi connectivity index (χ0) is 17.1. The number of nitrogens with zero attached hydrogens (tertiary/aromatic N) is 4. The standard InChI is InChI=1S/C16H14ClN5OS/c1-10(14(18)23)24-16-21-20-15(11-6-8-19-9-7-11)22(16)13-4-2-12(17)3-5-13/h2-10H,1H3,(H2,18,23)/t10-/m0/s1. The van der Waals surface area contributed by atoms with Crippen molar-refractivity contribution >= 4 is 29.3 Å². The van der Waals surface area contributed by atoms with Crippen LogP contribution >= 0.6 is 23.4 Å². The summed E-state index contributed by atoms with van der Waals surface area (Å²) in [5, 5.41) is 9.30. The molecule has 0 saturated heterocycles. The van der Waals surface area contributed by atoms with E-state index in [0.717, 1.165) is 11.3 Å². The molecule has 6 nitrogen and oxygen atoms in total. The number of pyridine rings is 1. The summed E-state index contributed by atoms with van der Waals surface area (Å²) in [5.74, 6) is 0.245. The number of carbonyl (C=O) groups is 1. The summed E-state index contributed by atoms with van der Waals surface area (Å²) in [6.45, 7) is 1.74. The van der Waals surface area contributed by atoms with Gasteiger partial charge >= 0.3 is 0 Å². The molecular formula is C16H14ClN5OS. The summed E-state index contributed by atoms with van der Waals surface area (Å²) in [4.78, 5) is 15.4. The molecule has 2 N–H and O–H groups in total. The Hall–Kier alpha value is -2.38. The maximum atomic E-state index is 11.4. The number of benzene rings is 1. The highest BCUT2D eigenvalue weighted by Gasteiger charge is 2.20. The van der Waals surface area contributed by atoms with Crippen LogP contribution in [0.2, 0.25) is 5.02 Å². The normalized spacial score (nSPS) is 12.1. The fourth-order valence-corrected chi connectivity index (χ4v) is 3.02. The second kappa shape index (κ2) is 7.02. The first-order valence-corrected chi connectivity index (χ1v) is 8.40. The fourth-order valence-electron chi connectivity index (χ4n) is 2.07. The molecule has 0 spiro atoms. The van der Waals surface area contributed by atoms with Gasteiger partial charge in [-0.1, -0.05) is 23.4 Å². The van der Waals surface area contributed by atoms with E-state index in [0.29, 0.717) is 16.0 Å². The molecule has 1 amide bonds. The fraction of sp³-hybridized carbons (Fsp3) is 0.125. The van der Waals surface area contributed by atoms with Gasteiger partial charge in [-0.3, -0.25) is 14.3 Å². The van der Waals surface area contributed by atoms with Gasteiger partial charge in [-0.2, -0.15) is 0 Å². The van der Waals surface area contributed by atoms with Crippen LogP contribution in [0.3, 0.4) is 0 Å². The Labute approximate surface area is 148 Å². The molecular weight excluding hydrogens is 346 g/mol. The molecule has 0 bridgehead atoms. The molecule has 0 fully saturated rings. The Morgan fingerprint density at radius 2 is 1.83 bits per heavy atom. The van der Waals surface area contributed by atoms with E-state index in [1.165, 1.54) is 11.8 Å². The van der Waals surface area contributed by atoms with E-state index in [1.54, 1.807) is 31.5 Å². The predicted octanol–water partition coefficient (Wildman–Crippen LogP) is 2.95. The monoisotopic (exact) mass is 359 g/mol. The highest BCUT2D eigenvalue weighted by Crippen LogP contribution is 2.30. The first-order valence-electron chi connectivity index (χ1n) is 7.14. The lowest BCUT2D eigenvalue weighted by Gasteiger charge is -2.12. The lowest BCUT2D eigenvalue weighted by atomic mass is 10.2. The van der Waals surface area contributed by atoms with Gasteiger partial charge in [0.05, 0.1) is 5.25 Å². The number of hydrogen-bond acceptors (Lipinski definition) is 5. The number of thioether (sulfide) groups is 1. The summed E-state index contributed by atoms with van der Waals surface area (Å²) in [6, 6.07) is 11.0. The van der Waals surface area contributed by atoms with Crippen LogP contribution in [0.4, 0.5) is 0 Å². The maximum Gasteiger partial charge on any atom is 0.230 e. The average molecular weight is 360 g/mol. The van der Waals surface area contributed by atoms with Crippen molar-refractivity contribution in [3.05, 3.63) is 53.8 Å². The van der Waals surface area contributed by atoms with Crippen LogP contribution in [-0.4, -0.2) is 30.9 Å². The number of aromatic nitrogens is 4. The molecule has 24 heavy (non-hydrogen) atoms. The number of hydrogen-bond donors (Lipinski definition) is 1. The zero-order valence-corrected chi connectivity index (χ0v) is 14.3. The van der Waals surface area contributed by atoms with Crippen LogP contribution in [0.1, 0.15) is 6.92 Å². The third-order valence-electron chi connectivity index (χ3n) is 3.34. The van der Waals surface area contributed by atoms with Gasteiger partial charge in [0.2, 0.25) is 5.91 Å². The highest BCUT2D eigenvalue weighted by atomic mass is 35.5. The van der Waals surface area contributed by atoms with Crippen LogP contribution in [0.5, 0.6) is 0 Å². The van der Waals surface area contributed by atoms with Crippen LogP contribution in [0.15, 0.2) is 53.9 Å². The van der Waals surface area contributed by atoms with Gasteiger partial charge in [0.1, 0.15) is 0 Å². The maximum absolute atomic E-state index is 11.4. The SMILES string of the molecule is C[C@H](Sc1nnc(-c2ccncc2)n1-c1ccc(Cl)cc1)C(N)=O. The van der Waals surface area contributed by atoms with Crippen molar-refractivity contribution in [1.29, 1.82) is 0 Å². The van der Waals surface area contributed by atoms with E-state index in [4.69, 9.17) is 17.3 Å². The second-order valence-corrected chi connectivity index (χ2v) is 6.76. The molecule has 0 aliphatic rings. The lowest BCUT2D eigenvalue weighted by Crippen LogP contribution is -2.23. The van der Waals surface area contributed by atoms with Gasteiger partial charge in [-0.15, -0.1) is 10.2 Å². The lowest BCUT2D eigenvalue weighted by molar-refractivity contribution is -0.117. The number of amides is 1. The summed E-state index contributed by atoms with van der Waals surface area (Å²) >= 11 is 7.24. The Balaban J connectivity index is 2.12. The van der Waals surface area contributed by atoms with Gasteiger partial charge in [0.15, 0.2) is 11.0 Å². The molecule has 1 aromatic carbocycles. The Morgan fingerprint density at radius 3 is 2.46 bits per heavy atom. The summed E-state index contributed by atoms with van der Waals surface area (Å²) in [5.41, 5.74) is 7.08. The number of rotatable bonds is 5. The highest BCUT2D eigenvalue weighted by molar-refractivity contribution is 8.00. The van der Waals surface area contributed by atoms with Crippen LogP contribution in [0, 0.1) is 0 Å². The third kappa shape index (κ3) is 3.42. The van der Waals surface area contributed by atoms with Crippen molar-refractivity contribution in [3.63, 3.8) is 0 Å². The summed E-state index contributed by atoms with van der Waals surface area (Å²) in [6.07, 6.45) is 3.38. The van der Waals surface area contributed by atoms with E-state index in [9.17, 15) is 4.79 Å². The zero-order valence-electron chi connectivity index (χ0n) is 12.8. The van der Waals surface area contributed by atoms with Crippen molar-refractivity contribution in [1.82, 2.24) is 19.7 Å². The third-order valence-corrected chi connectivity index (χ3v) is 4.65. The second-order valence-electron chi connectivity index (χ2n) is 5.02. The minimum atomic E-state index is -0.425. The summed E-state index contributed by atoms with van der Waals surface area (Å²) in [7, 11) is 0. The minimum absolute atomic E-state index is 0.406. The molecule has 3 rings (SSSR count). The van der Waals surface area contributed by atoms with E-state index >= 15 is 0 Å². The molecule has 3 aromatic rings. The molecule has 0 aliphatic heterocycles. The molecule has 122 valence electrons.